The van der Waals surface area contributed by atoms with Gasteiger partial charge in [0.05, 0.1) is 40.7 Å². The van der Waals surface area contributed by atoms with Crippen molar-refractivity contribution in [2.75, 3.05) is 31.6 Å². The molecule has 4 aromatic rings. The fraction of sp³-hybridized carbons (Fsp3) is 0.333. The molecule has 2 atom stereocenters. The molecule has 1 fully saturated rings. The second-order valence-corrected chi connectivity index (χ2v) is 12.6. The molecule has 3 aliphatic rings. The summed E-state index contributed by atoms with van der Waals surface area (Å²) >= 11 is 6.11. The summed E-state index contributed by atoms with van der Waals surface area (Å²) in [6.45, 7) is 2.86. The van der Waals surface area contributed by atoms with Gasteiger partial charge in [0.15, 0.2) is 11.5 Å². The second kappa shape index (κ2) is 12.1. The Morgan fingerprint density at radius 3 is 2.76 bits per heavy atom. The highest BCUT2D eigenvalue weighted by molar-refractivity contribution is 6.33. The SMILES string of the molecule is CC1CN(C(=O)c2ncccc2O)CCC12C=Cc1c2c(=O)n2nc(C3=CCOCC3)nc2n1CC(=O)Nc1ccc(C(F)(F)F)cc1Cl. The number of piperidine rings is 1. The number of carbonyl (C=O) groups is 2. The maximum Gasteiger partial charge on any atom is 0.416 e. The Balaban J connectivity index is 1.27. The van der Waals surface area contributed by atoms with Crippen LogP contribution in [0.25, 0.3) is 17.4 Å². The number of fused-ring (bicyclic) bond motifs is 3. The van der Waals surface area contributed by atoms with E-state index in [1.54, 1.807) is 15.5 Å². The molecule has 0 bridgehead atoms. The number of pyridine rings is 1. The molecule has 2 aliphatic heterocycles. The van der Waals surface area contributed by atoms with Crippen molar-refractivity contribution < 1.29 is 32.6 Å². The van der Waals surface area contributed by atoms with E-state index in [1.807, 2.05) is 19.1 Å². The summed E-state index contributed by atoms with van der Waals surface area (Å²) in [7, 11) is 0. The van der Waals surface area contributed by atoms with Crippen LogP contribution in [0.5, 0.6) is 5.75 Å². The minimum Gasteiger partial charge on any atom is -0.505 e. The van der Waals surface area contributed by atoms with Crippen LogP contribution in [0, 0.1) is 5.92 Å². The smallest absolute Gasteiger partial charge is 0.416 e. The van der Waals surface area contributed by atoms with E-state index in [0.29, 0.717) is 43.1 Å². The highest BCUT2D eigenvalue weighted by Crippen LogP contribution is 2.46. The highest BCUT2D eigenvalue weighted by Gasteiger charge is 2.48. The van der Waals surface area contributed by atoms with Crippen LogP contribution in [0.15, 0.2) is 53.5 Å². The van der Waals surface area contributed by atoms with Crippen molar-refractivity contribution in [2.24, 2.45) is 5.92 Å². The van der Waals surface area contributed by atoms with Crippen molar-refractivity contribution >= 4 is 46.5 Å². The number of anilines is 1. The summed E-state index contributed by atoms with van der Waals surface area (Å²) in [4.78, 5) is 51.4. The number of carbonyl (C=O) groups excluding carboxylic acids is 2. The molecule has 7 rings (SSSR count). The molecule has 0 saturated carbocycles. The molecule has 12 nitrogen and oxygen atoms in total. The number of aromatic hydroxyl groups is 1. The van der Waals surface area contributed by atoms with Crippen LogP contribution in [-0.2, 0) is 27.7 Å². The third-order valence-electron chi connectivity index (χ3n) is 9.36. The van der Waals surface area contributed by atoms with Crippen LogP contribution in [0.1, 0.15) is 52.9 Å². The second-order valence-electron chi connectivity index (χ2n) is 12.2. The normalized spacial score (nSPS) is 20.5. The van der Waals surface area contributed by atoms with Crippen molar-refractivity contribution in [2.45, 2.75) is 37.9 Å². The van der Waals surface area contributed by atoms with Crippen LogP contribution >= 0.6 is 11.6 Å². The predicted molar refractivity (Wildman–Crippen MR) is 172 cm³/mol. The highest BCUT2D eigenvalue weighted by atomic mass is 35.5. The summed E-state index contributed by atoms with van der Waals surface area (Å²) in [6, 6.07) is 5.56. The lowest BCUT2D eigenvalue weighted by Crippen LogP contribution is -2.51. The number of amides is 2. The van der Waals surface area contributed by atoms with Crippen LogP contribution in [0.2, 0.25) is 5.02 Å². The Bertz CT molecular complexity index is 2140. The van der Waals surface area contributed by atoms with Gasteiger partial charge in [-0.05, 0) is 60.7 Å². The molecule has 3 aromatic heterocycles. The Kier molecular flexibility index (Phi) is 8.06. The van der Waals surface area contributed by atoms with Gasteiger partial charge in [0.25, 0.3) is 11.5 Å². The monoisotopic (exact) mass is 695 g/mol. The predicted octanol–water partition coefficient (Wildman–Crippen LogP) is 4.55. The molecule has 254 valence electrons. The zero-order valence-corrected chi connectivity index (χ0v) is 26.8. The van der Waals surface area contributed by atoms with Crippen molar-refractivity contribution in [3.63, 3.8) is 0 Å². The van der Waals surface area contributed by atoms with E-state index in [4.69, 9.17) is 16.3 Å². The lowest BCUT2D eigenvalue weighted by atomic mass is 9.68. The first-order chi connectivity index (χ1) is 23.4. The first kappa shape index (κ1) is 32.5. The number of likely N-dealkylation sites (tertiary alicyclic amines) is 1. The van der Waals surface area contributed by atoms with Gasteiger partial charge < -0.3 is 24.6 Å². The van der Waals surface area contributed by atoms with E-state index in [-0.39, 0.29) is 53.5 Å². The fourth-order valence-corrected chi connectivity index (χ4v) is 7.04. The molecule has 2 N–H and O–H groups in total. The Labute approximate surface area is 281 Å². The Morgan fingerprint density at radius 2 is 2.06 bits per heavy atom. The number of hydrogen-bond acceptors (Lipinski definition) is 8. The van der Waals surface area contributed by atoms with Crippen LogP contribution in [0.3, 0.4) is 0 Å². The van der Waals surface area contributed by atoms with Crippen LogP contribution in [0.4, 0.5) is 18.9 Å². The van der Waals surface area contributed by atoms with Gasteiger partial charge in [-0.2, -0.15) is 22.7 Å². The minimum absolute atomic E-state index is 0.0143. The van der Waals surface area contributed by atoms with Gasteiger partial charge in [-0.15, -0.1) is 5.10 Å². The Morgan fingerprint density at radius 1 is 1.24 bits per heavy atom. The molecular weight excluding hydrogens is 667 g/mol. The number of aromatic nitrogens is 5. The topological polar surface area (TPSA) is 144 Å². The Hall–Kier alpha value is -5.02. The van der Waals surface area contributed by atoms with Gasteiger partial charge in [-0.3, -0.25) is 14.4 Å². The quantitative estimate of drug-likeness (QED) is 0.310. The largest absolute Gasteiger partial charge is 0.505 e. The minimum atomic E-state index is -4.61. The molecule has 1 aromatic carbocycles. The van der Waals surface area contributed by atoms with Crippen molar-refractivity contribution in [1.82, 2.24) is 29.0 Å². The number of halogens is 4. The fourth-order valence-electron chi connectivity index (χ4n) is 6.81. The third kappa shape index (κ3) is 5.65. The molecule has 1 saturated heterocycles. The molecule has 1 aliphatic carbocycles. The maximum absolute atomic E-state index is 14.3. The molecule has 5 heterocycles. The number of hydrogen-bond donors (Lipinski definition) is 2. The maximum atomic E-state index is 14.3. The molecule has 49 heavy (non-hydrogen) atoms. The van der Waals surface area contributed by atoms with E-state index in [1.165, 1.54) is 22.8 Å². The van der Waals surface area contributed by atoms with E-state index in [2.05, 4.69) is 20.4 Å². The third-order valence-corrected chi connectivity index (χ3v) is 9.67. The van der Waals surface area contributed by atoms with Crippen LogP contribution in [-0.4, -0.2) is 72.3 Å². The molecule has 16 heteroatoms. The number of alkyl halides is 3. The number of benzene rings is 1. The van der Waals surface area contributed by atoms with Gasteiger partial charge >= 0.3 is 6.18 Å². The lowest BCUT2D eigenvalue weighted by Gasteiger charge is -2.43. The van der Waals surface area contributed by atoms with Gasteiger partial charge in [0.1, 0.15) is 12.3 Å². The molecule has 2 amide bonds. The summed E-state index contributed by atoms with van der Waals surface area (Å²) < 4.78 is 47.7. The summed E-state index contributed by atoms with van der Waals surface area (Å²) in [5.41, 5.74) is -0.680. The van der Waals surface area contributed by atoms with Crippen molar-refractivity contribution in [1.29, 1.82) is 0 Å². The van der Waals surface area contributed by atoms with Gasteiger partial charge in [-0.1, -0.05) is 30.7 Å². The molecular formula is C33H29ClF3N7O5. The van der Waals surface area contributed by atoms with Crippen LogP contribution < -0.4 is 10.9 Å². The van der Waals surface area contributed by atoms with E-state index >= 15 is 0 Å². The number of ether oxygens (including phenoxy) is 1. The summed E-state index contributed by atoms with van der Waals surface area (Å²) in [5, 5.41) is 17.1. The number of nitrogens with zero attached hydrogens (tertiary/aromatic N) is 6. The van der Waals surface area contributed by atoms with Gasteiger partial charge in [0.2, 0.25) is 11.7 Å². The molecule has 1 spiro atoms. The molecule has 2 unspecified atom stereocenters. The number of rotatable bonds is 5. The zero-order chi connectivity index (χ0) is 34.7. The average Bonchev–Trinajstić information content (AvgIpc) is 3.69. The lowest BCUT2D eigenvalue weighted by molar-refractivity contribution is -0.137. The standard InChI is InChI=1S/C33H29ClF3N7O5/c1-18-16-42(30(48)27-24(45)3-2-11-38-27)12-10-32(18)9-6-23-26(32)29(47)44-31(40-28(41-44)19-7-13-49-14-8-19)43(23)17-25(46)39-22-5-4-20(15-21(22)34)33(35,36)37/h2-7,9,11,15,18,45H,8,10,12-14,16-17H2,1H3,(H,39,46). The number of allylic oxidation sites excluding steroid dienone is 1. The van der Waals surface area contributed by atoms with Gasteiger partial charge in [0, 0.05) is 24.7 Å². The summed E-state index contributed by atoms with van der Waals surface area (Å²) in [5.74, 6) is -1.15. The van der Waals surface area contributed by atoms with E-state index < -0.39 is 34.5 Å². The first-order valence-corrected chi connectivity index (χ1v) is 15.9. The zero-order valence-electron chi connectivity index (χ0n) is 26.0. The van der Waals surface area contributed by atoms with Crippen molar-refractivity contribution in [3.05, 3.63) is 92.4 Å². The van der Waals surface area contributed by atoms with E-state index in [0.717, 1.165) is 23.8 Å². The number of nitrogens with one attached hydrogen (secondary N) is 1. The van der Waals surface area contributed by atoms with Gasteiger partial charge in [-0.25, -0.2) is 4.98 Å². The van der Waals surface area contributed by atoms with E-state index in [9.17, 15) is 32.7 Å². The molecule has 0 radical (unpaired) electrons. The first-order valence-electron chi connectivity index (χ1n) is 15.5. The average molecular weight is 696 g/mol. The van der Waals surface area contributed by atoms with Crippen molar-refractivity contribution in [3.8, 4) is 5.75 Å². The summed E-state index contributed by atoms with van der Waals surface area (Å²) in [6.07, 6.45) is 3.19.